The molecule has 0 aromatic heterocycles. The number of aliphatic hydroxyl groups excluding tert-OH is 4. The number of rotatable bonds is 31. The fraction of sp³-hybridized carbons (Fsp3) is 0.926. The molecule has 45 heavy (non-hydrogen) atoms. The molecule has 0 aliphatic heterocycles. The Balaban J connectivity index is 3.95. The summed E-state index contributed by atoms with van der Waals surface area (Å²) < 4.78 is 47.5. The zero-order chi connectivity index (χ0) is 34.1. The van der Waals surface area contributed by atoms with E-state index in [4.69, 9.17) is 38.2 Å². The van der Waals surface area contributed by atoms with Gasteiger partial charge in [-0.25, -0.2) is 4.57 Å². The molecule has 0 rings (SSSR count). The van der Waals surface area contributed by atoms with Crippen molar-refractivity contribution in [3.63, 3.8) is 0 Å². The van der Waals surface area contributed by atoms with Crippen LogP contribution in [0.3, 0.4) is 0 Å². The average Bonchev–Trinajstić information content (AvgIpc) is 2.99. The van der Waals surface area contributed by atoms with E-state index in [2.05, 4.69) is 9.84 Å². The fourth-order valence-electron chi connectivity index (χ4n) is 3.54. The first-order valence-corrected chi connectivity index (χ1v) is 16.4. The van der Waals surface area contributed by atoms with E-state index in [1.54, 1.807) is 0 Å². The molecule has 0 bridgehead atoms. The summed E-state index contributed by atoms with van der Waals surface area (Å²) in [5.74, 6) is -1.17. The third-order valence-corrected chi connectivity index (χ3v) is 6.58. The lowest BCUT2D eigenvalue weighted by atomic mass is 9.94. The van der Waals surface area contributed by atoms with Gasteiger partial charge in [0.2, 0.25) is 5.91 Å². The minimum atomic E-state index is -4.77. The van der Waals surface area contributed by atoms with Crippen molar-refractivity contribution in [2.24, 2.45) is 11.3 Å². The predicted molar refractivity (Wildman–Crippen MR) is 158 cm³/mol. The summed E-state index contributed by atoms with van der Waals surface area (Å²) in [5.41, 5.74) is -0.405. The first-order chi connectivity index (χ1) is 21.3. The first-order valence-electron chi connectivity index (χ1n) is 14.9. The number of hydrogen-bond acceptors (Lipinski definition) is 14. The Bertz CT molecular complexity index is 805. The molecular weight excluding hydrogens is 625 g/mol. The summed E-state index contributed by atoms with van der Waals surface area (Å²) in [6.45, 7) is 7.82. The molecule has 0 aromatic rings. The monoisotopic (exact) mass is 679 g/mol. The average molecular weight is 680 g/mol. The molecule has 6 unspecified atom stereocenters. The van der Waals surface area contributed by atoms with Crippen LogP contribution in [0.1, 0.15) is 40.0 Å². The van der Waals surface area contributed by atoms with Crippen LogP contribution in [0.25, 0.3) is 0 Å². The standard InChI is InChI=1S/C27H54NO16P/c1-4-9-40-18-27(3,19-41-10-5-8-29)20-42-11-6-22(30)28-7-12-38-13-14-39-15-16-43-26(34)25(33)24(32)23(31)21(2)17-44-45(35,36)37/h8,21,23-26,31-34H,4-7,9-20H2,1-3H3,(H,28,30)(H2,35,36,37). The molecular formula is C27H54NO16P. The normalized spacial score (nSPS) is 16.8. The maximum Gasteiger partial charge on any atom is 0.469 e. The third kappa shape index (κ3) is 23.8. The SMILES string of the molecule is CCCOCC(C)(COCCC=O)COCCC(=O)NCCOCCOCCOC(O)C(O)C(O)C(O)C(C)COP(=O)(O)O. The highest BCUT2D eigenvalue weighted by Crippen LogP contribution is 2.36. The molecule has 0 radical (unpaired) electrons. The second-order valence-electron chi connectivity index (χ2n) is 10.7. The van der Waals surface area contributed by atoms with Crippen molar-refractivity contribution in [3.8, 4) is 0 Å². The van der Waals surface area contributed by atoms with Crippen molar-refractivity contribution in [2.75, 3.05) is 85.8 Å². The van der Waals surface area contributed by atoms with Crippen LogP contribution >= 0.6 is 7.82 Å². The van der Waals surface area contributed by atoms with Crippen LogP contribution in [-0.2, 0) is 47.1 Å². The summed E-state index contributed by atoms with van der Waals surface area (Å²) in [4.78, 5) is 39.9. The van der Waals surface area contributed by atoms with E-state index in [0.29, 0.717) is 39.5 Å². The van der Waals surface area contributed by atoms with Crippen molar-refractivity contribution >= 4 is 20.0 Å². The van der Waals surface area contributed by atoms with Gasteiger partial charge in [-0.15, -0.1) is 0 Å². The highest BCUT2D eigenvalue weighted by atomic mass is 31.2. The minimum absolute atomic E-state index is 0.0176. The van der Waals surface area contributed by atoms with Crippen LogP contribution in [-0.4, -0.2) is 153 Å². The molecule has 0 aliphatic carbocycles. The Morgan fingerprint density at radius 1 is 0.822 bits per heavy atom. The maximum absolute atomic E-state index is 12.0. The molecule has 7 N–H and O–H groups in total. The Labute approximate surface area is 264 Å². The second-order valence-corrected chi connectivity index (χ2v) is 12.0. The van der Waals surface area contributed by atoms with Crippen molar-refractivity contribution in [1.82, 2.24) is 5.32 Å². The Kier molecular flexibility index (Phi) is 25.2. The van der Waals surface area contributed by atoms with Crippen LogP contribution in [0.5, 0.6) is 0 Å². The van der Waals surface area contributed by atoms with Crippen molar-refractivity contribution in [1.29, 1.82) is 0 Å². The number of carbonyl (C=O) groups excluding carboxylic acids is 2. The maximum atomic E-state index is 12.0. The smallest absolute Gasteiger partial charge is 0.390 e. The highest BCUT2D eigenvalue weighted by Gasteiger charge is 2.34. The van der Waals surface area contributed by atoms with Crippen LogP contribution < -0.4 is 5.32 Å². The second kappa shape index (κ2) is 25.9. The van der Waals surface area contributed by atoms with Crippen LogP contribution in [0.2, 0.25) is 0 Å². The van der Waals surface area contributed by atoms with Crippen LogP contribution in [0.4, 0.5) is 0 Å². The summed E-state index contributed by atoms with van der Waals surface area (Å²) in [6.07, 6.45) is -5.14. The molecule has 0 aliphatic rings. The molecule has 0 fully saturated rings. The lowest BCUT2D eigenvalue weighted by molar-refractivity contribution is -0.210. The van der Waals surface area contributed by atoms with E-state index in [9.17, 15) is 34.6 Å². The molecule has 0 spiro atoms. The fourth-order valence-corrected chi connectivity index (χ4v) is 3.97. The molecule has 17 nitrogen and oxygen atoms in total. The van der Waals surface area contributed by atoms with Gasteiger partial charge in [-0.1, -0.05) is 20.8 Å². The first kappa shape index (κ1) is 43.9. The summed E-state index contributed by atoms with van der Waals surface area (Å²) in [6, 6.07) is 0. The van der Waals surface area contributed by atoms with Gasteiger partial charge in [0, 0.05) is 37.3 Å². The van der Waals surface area contributed by atoms with E-state index < -0.39 is 50.4 Å². The minimum Gasteiger partial charge on any atom is -0.390 e. The van der Waals surface area contributed by atoms with Gasteiger partial charge in [0.1, 0.15) is 18.5 Å². The third-order valence-electron chi connectivity index (χ3n) is 6.09. The Hall–Kier alpha value is -1.15. The van der Waals surface area contributed by atoms with E-state index >= 15 is 0 Å². The van der Waals surface area contributed by atoms with Gasteiger partial charge in [0.15, 0.2) is 6.29 Å². The molecule has 1 amide bonds. The zero-order valence-corrected chi connectivity index (χ0v) is 27.4. The lowest BCUT2D eigenvalue weighted by Crippen LogP contribution is -2.48. The van der Waals surface area contributed by atoms with Gasteiger partial charge < -0.3 is 68.7 Å². The number of aliphatic hydroxyl groups is 4. The topological polar surface area (TPSA) is 249 Å². The van der Waals surface area contributed by atoms with Crippen LogP contribution in [0, 0.1) is 11.3 Å². The zero-order valence-electron chi connectivity index (χ0n) is 26.5. The van der Waals surface area contributed by atoms with Gasteiger partial charge in [-0.05, 0) is 6.42 Å². The number of carbonyl (C=O) groups is 2. The van der Waals surface area contributed by atoms with E-state index in [0.717, 1.165) is 12.7 Å². The lowest BCUT2D eigenvalue weighted by Gasteiger charge is -2.29. The number of ether oxygens (including phenoxy) is 6. The molecule has 0 heterocycles. The number of phosphoric ester groups is 1. The summed E-state index contributed by atoms with van der Waals surface area (Å²) in [7, 11) is -4.77. The number of amides is 1. The van der Waals surface area contributed by atoms with Crippen molar-refractivity contribution in [2.45, 2.75) is 64.6 Å². The van der Waals surface area contributed by atoms with E-state index in [1.165, 1.54) is 6.92 Å². The molecule has 268 valence electrons. The van der Waals surface area contributed by atoms with E-state index in [-0.39, 0.29) is 58.5 Å². The quantitative estimate of drug-likeness (QED) is 0.0196. The number of phosphoric acid groups is 1. The number of nitrogens with one attached hydrogen (secondary N) is 1. The van der Waals surface area contributed by atoms with Gasteiger partial charge >= 0.3 is 7.82 Å². The van der Waals surface area contributed by atoms with Gasteiger partial charge in [0.05, 0.1) is 78.8 Å². The van der Waals surface area contributed by atoms with Gasteiger partial charge in [0.25, 0.3) is 0 Å². The molecule has 18 heteroatoms. The Morgan fingerprint density at radius 3 is 2.00 bits per heavy atom. The predicted octanol–water partition coefficient (Wildman–Crippen LogP) is -1.26. The van der Waals surface area contributed by atoms with Crippen molar-refractivity contribution in [3.05, 3.63) is 0 Å². The van der Waals surface area contributed by atoms with Gasteiger partial charge in [-0.2, -0.15) is 0 Å². The summed E-state index contributed by atoms with van der Waals surface area (Å²) >= 11 is 0. The van der Waals surface area contributed by atoms with Crippen LogP contribution in [0.15, 0.2) is 0 Å². The largest absolute Gasteiger partial charge is 0.469 e. The van der Waals surface area contributed by atoms with Crippen molar-refractivity contribution < 1.29 is 77.3 Å². The molecule has 0 saturated carbocycles. The van der Waals surface area contributed by atoms with Gasteiger partial charge in [-0.3, -0.25) is 9.32 Å². The molecule has 6 atom stereocenters. The number of aldehydes is 1. The Morgan fingerprint density at radius 2 is 1.40 bits per heavy atom. The molecule has 0 aromatic carbocycles. The summed E-state index contributed by atoms with van der Waals surface area (Å²) in [5, 5.41) is 42.6. The van der Waals surface area contributed by atoms with E-state index in [1.807, 2.05) is 13.8 Å². The molecule has 0 saturated heterocycles. The number of hydrogen-bond donors (Lipinski definition) is 7. The highest BCUT2D eigenvalue weighted by molar-refractivity contribution is 7.46.